The summed E-state index contributed by atoms with van der Waals surface area (Å²) in [5.74, 6) is -0.165. The molecule has 29 heavy (non-hydrogen) atoms. The van der Waals surface area contributed by atoms with Gasteiger partial charge in [0.05, 0.1) is 11.7 Å². The maximum atomic E-state index is 12.7. The molecule has 1 saturated heterocycles. The van der Waals surface area contributed by atoms with Crippen LogP contribution in [0.1, 0.15) is 32.1 Å². The molecule has 1 heterocycles. The number of hydrogen-bond donors (Lipinski definition) is 3. The summed E-state index contributed by atoms with van der Waals surface area (Å²) in [6.45, 7) is 3.24. The second-order valence-electron chi connectivity index (χ2n) is 6.97. The number of hydrogen-bond acceptors (Lipinski definition) is 9. The average molecular weight is 453 g/mol. The molecule has 2 rings (SSSR count). The van der Waals surface area contributed by atoms with Gasteiger partial charge in [-0.1, -0.05) is 18.2 Å². The van der Waals surface area contributed by atoms with Crippen LogP contribution in [0.2, 0.25) is 0 Å². The van der Waals surface area contributed by atoms with Crippen molar-refractivity contribution in [2.45, 2.75) is 37.7 Å². The van der Waals surface area contributed by atoms with Crippen molar-refractivity contribution in [3.63, 3.8) is 0 Å². The van der Waals surface area contributed by atoms with Crippen LogP contribution >= 0.6 is 15.2 Å². The van der Waals surface area contributed by atoms with E-state index in [1.165, 1.54) is 24.3 Å². The van der Waals surface area contributed by atoms with Crippen LogP contribution in [0.25, 0.3) is 0 Å². The Morgan fingerprint density at radius 3 is 2.28 bits per heavy atom. The SMILES string of the molecule is CC(C)OC(=O)Oc1ccccc1C1OP(=O)(O)C(O)(CCN(C)C)P(=O)(O)O1. The maximum absolute atomic E-state index is 12.7. The molecule has 13 heteroatoms. The highest BCUT2D eigenvalue weighted by Crippen LogP contribution is 2.79. The molecule has 0 aromatic heterocycles. The van der Waals surface area contributed by atoms with E-state index in [9.17, 15) is 28.8 Å². The van der Waals surface area contributed by atoms with Crippen molar-refractivity contribution in [2.75, 3.05) is 20.6 Å². The van der Waals surface area contributed by atoms with Gasteiger partial charge in [-0.3, -0.25) is 18.2 Å². The first-order valence-corrected chi connectivity index (χ1v) is 11.8. The fourth-order valence-electron chi connectivity index (χ4n) is 2.45. The van der Waals surface area contributed by atoms with Crippen molar-refractivity contribution >= 4 is 21.3 Å². The number of carbonyl (C=O) groups is 1. The van der Waals surface area contributed by atoms with E-state index in [-0.39, 0.29) is 17.9 Å². The van der Waals surface area contributed by atoms with E-state index in [0.717, 1.165) is 0 Å². The first kappa shape index (κ1) is 24.0. The molecule has 0 saturated carbocycles. The minimum Gasteiger partial charge on any atom is -0.431 e. The first-order valence-electron chi connectivity index (χ1n) is 8.66. The third kappa shape index (κ3) is 5.25. The van der Waals surface area contributed by atoms with Crippen molar-refractivity contribution in [1.29, 1.82) is 0 Å². The highest BCUT2D eigenvalue weighted by atomic mass is 31.2. The van der Waals surface area contributed by atoms with Crippen molar-refractivity contribution in [2.24, 2.45) is 0 Å². The van der Waals surface area contributed by atoms with Crippen molar-refractivity contribution < 1.29 is 47.3 Å². The molecule has 1 aliphatic rings. The van der Waals surface area contributed by atoms with Gasteiger partial charge in [0.1, 0.15) is 5.75 Å². The maximum Gasteiger partial charge on any atom is 0.514 e. The molecule has 1 fully saturated rings. The number of nitrogens with zero attached hydrogens (tertiary/aromatic N) is 1. The van der Waals surface area contributed by atoms with E-state index in [4.69, 9.17) is 18.5 Å². The number of para-hydroxylation sites is 1. The lowest BCUT2D eigenvalue weighted by Gasteiger charge is -2.41. The number of ether oxygens (including phenoxy) is 2. The third-order valence-corrected chi connectivity index (χ3v) is 8.70. The molecule has 11 nitrogen and oxygen atoms in total. The van der Waals surface area contributed by atoms with Crippen molar-refractivity contribution in [1.82, 2.24) is 4.90 Å². The van der Waals surface area contributed by atoms with E-state index >= 15 is 0 Å². The predicted octanol–water partition coefficient (Wildman–Crippen LogP) is 2.62. The van der Waals surface area contributed by atoms with Crippen LogP contribution in [0.5, 0.6) is 5.75 Å². The molecule has 0 radical (unpaired) electrons. The molecular formula is C16H25NO10P2. The molecule has 0 spiro atoms. The summed E-state index contributed by atoms with van der Waals surface area (Å²) in [6.07, 6.45) is -3.90. The second kappa shape index (κ2) is 8.83. The minimum absolute atomic E-state index is 0.0176. The predicted molar refractivity (Wildman–Crippen MR) is 101 cm³/mol. The van der Waals surface area contributed by atoms with Crippen LogP contribution < -0.4 is 4.74 Å². The summed E-state index contributed by atoms with van der Waals surface area (Å²) in [5.41, 5.74) is -0.105. The zero-order valence-corrected chi connectivity index (χ0v) is 18.2. The lowest BCUT2D eigenvalue weighted by Crippen LogP contribution is -2.38. The Morgan fingerprint density at radius 2 is 1.76 bits per heavy atom. The number of benzene rings is 1. The summed E-state index contributed by atoms with van der Waals surface area (Å²) >= 11 is 0. The van der Waals surface area contributed by atoms with Gasteiger partial charge in [0, 0.05) is 13.0 Å². The molecule has 0 amide bonds. The normalized spacial score (nSPS) is 32.4. The van der Waals surface area contributed by atoms with E-state index in [1.807, 2.05) is 0 Å². The molecule has 1 aromatic rings. The summed E-state index contributed by atoms with van der Waals surface area (Å²) in [4.78, 5) is 33.9. The smallest absolute Gasteiger partial charge is 0.431 e. The van der Waals surface area contributed by atoms with Crippen LogP contribution in [0.3, 0.4) is 0 Å². The van der Waals surface area contributed by atoms with Crippen molar-refractivity contribution in [3.8, 4) is 5.75 Å². The van der Waals surface area contributed by atoms with Crippen LogP contribution in [0.4, 0.5) is 4.79 Å². The van der Waals surface area contributed by atoms with Crippen molar-refractivity contribution in [3.05, 3.63) is 29.8 Å². The Labute approximate surface area is 168 Å². The fraction of sp³-hybridized carbons (Fsp3) is 0.562. The molecular weight excluding hydrogens is 428 g/mol. The molecule has 2 unspecified atom stereocenters. The molecule has 0 aliphatic carbocycles. The van der Waals surface area contributed by atoms with Gasteiger partial charge in [-0.25, -0.2) is 4.79 Å². The highest BCUT2D eigenvalue weighted by molar-refractivity contribution is 7.73. The minimum atomic E-state index is -5.07. The Morgan fingerprint density at radius 1 is 1.21 bits per heavy atom. The van der Waals surface area contributed by atoms with E-state index in [1.54, 1.807) is 32.8 Å². The third-order valence-electron chi connectivity index (χ3n) is 3.97. The first-order chi connectivity index (χ1) is 13.3. The largest absolute Gasteiger partial charge is 0.514 e. The highest BCUT2D eigenvalue weighted by Gasteiger charge is 2.67. The molecule has 1 aromatic carbocycles. The summed E-state index contributed by atoms with van der Waals surface area (Å²) in [6, 6.07) is 5.60. The van der Waals surface area contributed by atoms with Gasteiger partial charge in [-0.05, 0) is 34.0 Å². The summed E-state index contributed by atoms with van der Waals surface area (Å²) in [7, 11) is -6.90. The monoisotopic (exact) mass is 453 g/mol. The summed E-state index contributed by atoms with van der Waals surface area (Å²) < 4.78 is 45.3. The zero-order chi connectivity index (χ0) is 22.0. The Hall–Kier alpha value is -1.29. The number of aliphatic hydroxyl groups is 1. The van der Waals surface area contributed by atoms with E-state index < -0.39 is 45.2 Å². The van der Waals surface area contributed by atoms with Crippen LogP contribution in [-0.2, 0) is 22.9 Å². The molecule has 1 aliphatic heterocycles. The molecule has 0 bridgehead atoms. The van der Waals surface area contributed by atoms with Gasteiger partial charge in [0.25, 0.3) is 5.08 Å². The number of carbonyl (C=O) groups excluding carboxylic acids is 1. The molecule has 3 N–H and O–H groups in total. The summed E-state index contributed by atoms with van der Waals surface area (Å²) in [5, 5.41) is 7.54. The van der Waals surface area contributed by atoms with Gasteiger partial charge in [0.15, 0.2) is 0 Å². The van der Waals surface area contributed by atoms with Crippen LogP contribution in [0.15, 0.2) is 24.3 Å². The fourth-order valence-corrected chi connectivity index (χ4v) is 6.01. The van der Waals surface area contributed by atoms with Gasteiger partial charge in [-0.15, -0.1) is 0 Å². The van der Waals surface area contributed by atoms with Gasteiger partial charge >= 0.3 is 21.3 Å². The van der Waals surface area contributed by atoms with Crippen LogP contribution in [0, 0.1) is 0 Å². The van der Waals surface area contributed by atoms with Gasteiger partial charge in [0.2, 0.25) is 6.29 Å². The number of rotatable bonds is 6. The van der Waals surface area contributed by atoms with E-state index in [2.05, 4.69) is 0 Å². The lowest BCUT2D eigenvalue weighted by atomic mass is 10.2. The Bertz CT molecular complexity index is 817. The Balaban J connectivity index is 2.34. The van der Waals surface area contributed by atoms with Gasteiger partial charge < -0.3 is 29.3 Å². The zero-order valence-electron chi connectivity index (χ0n) is 16.4. The van der Waals surface area contributed by atoms with E-state index in [0.29, 0.717) is 0 Å². The molecule has 2 atom stereocenters. The molecule has 164 valence electrons. The van der Waals surface area contributed by atoms with Gasteiger partial charge in [-0.2, -0.15) is 0 Å². The second-order valence-corrected chi connectivity index (χ2v) is 11.3. The Kier molecular flexibility index (Phi) is 7.30. The standard InChI is InChI=1S/C16H25NO10P2/c1-11(2)24-15(18)25-13-8-6-5-7-12(13)14-26-28(20,21)16(19,9-10-17(3)4)29(22,23)27-14/h5-8,11,14,19H,9-10H2,1-4H3,(H,20,21)(H,22,23). The quantitative estimate of drug-likeness (QED) is 0.331. The van der Waals surface area contributed by atoms with Crippen LogP contribution in [-0.4, -0.2) is 57.8 Å². The average Bonchev–Trinajstić information content (AvgIpc) is 2.57. The topological polar surface area (TPSA) is 152 Å². The lowest BCUT2D eigenvalue weighted by molar-refractivity contribution is -0.0610.